The van der Waals surface area contributed by atoms with E-state index < -0.39 is 0 Å². The summed E-state index contributed by atoms with van der Waals surface area (Å²) in [4.78, 5) is 0. The van der Waals surface area contributed by atoms with Crippen molar-refractivity contribution in [2.75, 3.05) is 0 Å². The zero-order valence-electron chi connectivity index (χ0n) is 6.99. The lowest BCUT2D eigenvalue weighted by molar-refractivity contribution is 0.483. The van der Waals surface area contributed by atoms with Crippen molar-refractivity contribution in [1.82, 2.24) is 9.78 Å². The standard InChI is InChI=1S/C7H13BN2O/c1-6(2)4-10-5-7(8-11)3-9-10/h3,5-6,8,11H,4H2,1-2H3. The van der Waals surface area contributed by atoms with E-state index in [2.05, 4.69) is 18.9 Å². The van der Waals surface area contributed by atoms with Gasteiger partial charge in [0.05, 0.1) is 0 Å². The van der Waals surface area contributed by atoms with Crippen molar-refractivity contribution >= 4 is 12.9 Å². The zero-order chi connectivity index (χ0) is 8.27. The molecule has 0 fully saturated rings. The summed E-state index contributed by atoms with van der Waals surface area (Å²) in [6, 6.07) is 0. The van der Waals surface area contributed by atoms with Gasteiger partial charge in [0.2, 0.25) is 0 Å². The maximum atomic E-state index is 8.73. The number of hydrogen-bond acceptors (Lipinski definition) is 2. The second kappa shape index (κ2) is 3.58. The summed E-state index contributed by atoms with van der Waals surface area (Å²) in [5.41, 5.74) is 0.880. The maximum Gasteiger partial charge on any atom is 0.307 e. The number of nitrogens with zero attached hydrogens (tertiary/aromatic N) is 2. The molecule has 4 heteroatoms. The fraction of sp³-hybridized carbons (Fsp3) is 0.571. The Morgan fingerprint density at radius 2 is 2.45 bits per heavy atom. The van der Waals surface area contributed by atoms with Gasteiger partial charge in [-0.3, -0.25) is 4.68 Å². The summed E-state index contributed by atoms with van der Waals surface area (Å²) < 4.78 is 1.86. The molecule has 11 heavy (non-hydrogen) atoms. The van der Waals surface area contributed by atoms with Crippen LogP contribution in [0.25, 0.3) is 0 Å². The lowest BCUT2D eigenvalue weighted by Gasteiger charge is -2.02. The van der Waals surface area contributed by atoms with Crippen LogP contribution in [0.2, 0.25) is 0 Å². The quantitative estimate of drug-likeness (QED) is 0.593. The molecule has 1 aromatic heterocycles. The number of hydrogen-bond donors (Lipinski definition) is 1. The molecule has 60 valence electrons. The van der Waals surface area contributed by atoms with Crippen LogP contribution < -0.4 is 5.46 Å². The average Bonchev–Trinajstić information content (AvgIpc) is 2.34. The van der Waals surface area contributed by atoms with Gasteiger partial charge in [-0.05, 0) is 11.4 Å². The number of aromatic nitrogens is 2. The first-order valence-electron chi connectivity index (χ1n) is 3.84. The summed E-state index contributed by atoms with van der Waals surface area (Å²) in [7, 11) is 0.0814. The maximum absolute atomic E-state index is 8.73. The molecule has 0 saturated heterocycles. The van der Waals surface area contributed by atoms with Gasteiger partial charge in [0, 0.05) is 18.9 Å². The molecule has 0 saturated carbocycles. The highest BCUT2D eigenvalue weighted by molar-refractivity contribution is 6.45. The van der Waals surface area contributed by atoms with E-state index in [-0.39, 0.29) is 7.48 Å². The Bertz CT molecular complexity index is 222. The van der Waals surface area contributed by atoms with Crippen LogP contribution in [0.15, 0.2) is 12.4 Å². The molecule has 1 rings (SSSR count). The van der Waals surface area contributed by atoms with Gasteiger partial charge in [-0.15, -0.1) is 0 Å². The van der Waals surface area contributed by atoms with Gasteiger partial charge in [0.25, 0.3) is 0 Å². The molecule has 1 aromatic rings. The molecule has 1 heterocycles. The first-order chi connectivity index (χ1) is 5.22. The van der Waals surface area contributed by atoms with Crippen molar-refractivity contribution in [3.63, 3.8) is 0 Å². The lowest BCUT2D eigenvalue weighted by Crippen LogP contribution is -2.11. The molecule has 0 aliphatic rings. The largest absolute Gasteiger partial charge is 0.449 e. The molecule has 1 N–H and O–H groups in total. The molecular formula is C7H13BN2O. The van der Waals surface area contributed by atoms with Crippen molar-refractivity contribution in [1.29, 1.82) is 0 Å². The Morgan fingerprint density at radius 1 is 1.73 bits per heavy atom. The van der Waals surface area contributed by atoms with Crippen LogP contribution in [0.3, 0.4) is 0 Å². The van der Waals surface area contributed by atoms with Crippen molar-refractivity contribution in [2.45, 2.75) is 20.4 Å². The fourth-order valence-corrected chi connectivity index (χ4v) is 0.962. The third kappa shape index (κ3) is 2.39. The van der Waals surface area contributed by atoms with Crippen LogP contribution in [0.1, 0.15) is 13.8 Å². The van der Waals surface area contributed by atoms with Crippen molar-refractivity contribution in [3.8, 4) is 0 Å². The molecule has 3 nitrogen and oxygen atoms in total. The highest BCUT2D eigenvalue weighted by atomic mass is 16.2. The molecule has 0 aliphatic carbocycles. The first kappa shape index (κ1) is 8.33. The summed E-state index contributed by atoms with van der Waals surface area (Å²) in [5.74, 6) is 0.599. The summed E-state index contributed by atoms with van der Waals surface area (Å²) >= 11 is 0. The Labute approximate surface area is 67.3 Å². The van der Waals surface area contributed by atoms with E-state index in [4.69, 9.17) is 5.02 Å². The normalized spacial score (nSPS) is 10.5. The van der Waals surface area contributed by atoms with Gasteiger partial charge >= 0.3 is 7.48 Å². The summed E-state index contributed by atoms with van der Waals surface area (Å²) in [6.45, 7) is 5.20. The molecule has 0 atom stereocenters. The van der Waals surface area contributed by atoms with E-state index in [9.17, 15) is 0 Å². The Kier molecular flexibility index (Phi) is 2.71. The molecular weight excluding hydrogens is 139 g/mol. The second-order valence-corrected chi connectivity index (χ2v) is 3.12. The van der Waals surface area contributed by atoms with Crippen LogP contribution in [-0.4, -0.2) is 22.3 Å². The van der Waals surface area contributed by atoms with Crippen LogP contribution in [0, 0.1) is 5.92 Å². The van der Waals surface area contributed by atoms with Gasteiger partial charge < -0.3 is 5.02 Å². The zero-order valence-corrected chi connectivity index (χ0v) is 6.99. The topological polar surface area (TPSA) is 38.0 Å². The van der Waals surface area contributed by atoms with E-state index in [0.29, 0.717) is 5.92 Å². The van der Waals surface area contributed by atoms with Gasteiger partial charge in [0.15, 0.2) is 0 Å². The highest BCUT2D eigenvalue weighted by Crippen LogP contribution is 1.94. The van der Waals surface area contributed by atoms with Crippen molar-refractivity contribution in [3.05, 3.63) is 12.4 Å². The van der Waals surface area contributed by atoms with Crippen LogP contribution >= 0.6 is 0 Å². The fourth-order valence-electron chi connectivity index (χ4n) is 0.962. The summed E-state index contributed by atoms with van der Waals surface area (Å²) in [6.07, 6.45) is 3.57. The third-order valence-electron chi connectivity index (χ3n) is 1.42. The van der Waals surface area contributed by atoms with Crippen LogP contribution in [0.5, 0.6) is 0 Å². The van der Waals surface area contributed by atoms with E-state index in [1.54, 1.807) is 6.20 Å². The van der Waals surface area contributed by atoms with E-state index in [1.807, 2.05) is 10.9 Å². The molecule has 0 unspecified atom stereocenters. The Morgan fingerprint density at radius 3 is 2.91 bits per heavy atom. The monoisotopic (exact) mass is 152 g/mol. The SMILES string of the molecule is CC(C)Cn1cc(BO)cn1. The molecule has 0 spiro atoms. The van der Waals surface area contributed by atoms with E-state index in [0.717, 1.165) is 12.0 Å². The van der Waals surface area contributed by atoms with E-state index in [1.165, 1.54) is 0 Å². The minimum absolute atomic E-state index is 0.0814. The Balaban J connectivity index is 2.58. The highest BCUT2D eigenvalue weighted by Gasteiger charge is 1.99. The Hall–Kier alpha value is -0.765. The minimum atomic E-state index is 0.0814. The smallest absolute Gasteiger partial charge is 0.307 e. The molecule has 0 bridgehead atoms. The first-order valence-corrected chi connectivity index (χ1v) is 3.84. The van der Waals surface area contributed by atoms with E-state index >= 15 is 0 Å². The predicted molar refractivity (Wildman–Crippen MR) is 46.1 cm³/mol. The third-order valence-corrected chi connectivity index (χ3v) is 1.42. The van der Waals surface area contributed by atoms with Crippen molar-refractivity contribution in [2.24, 2.45) is 5.92 Å². The van der Waals surface area contributed by atoms with Gasteiger partial charge in [-0.2, -0.15) is 5.10 Å². The second-order valence-electron chi connectivity index (χ2n) is 3.12. The molecule has 0 amide bonds. The molecule has 0 aromatic carbocycles. The molecule has 0 radical (unpaired) electrons. The van der Waals surface area contributed by atoms with Crippen LogP contribution in [-0.2, 0) is 6.54 Å². The summed E-state index contributed by atoms with van der Waals surface area (Å²) in [5, 5.41) is 12.8. The number of rotatable bonds is 3. The van der Waals surface area contributed by atoms with Gasteiger partial charge in [-0.1, -0.05) is 13.8 Å². The van der Waals surface area contributed by atoms with Crippen LogP contribution in [0.4, 0.5) is 0 Å². The average molecular weight is 152 g/mol. The molecule has 0 aliphatic heterocycles. The van der Waals surface area contributed by atoms with Crippen molar-refractivity contribution < 1.29 is 5.02 Å². The minimum Gasteiger partial charge on any atom is -0.449 e. The van der Waals surface area contributed by atoms with Gasteiger partial charge in [0.1, 0.15) is 0 Å². The predicted octanol–water partition coefficient (Wildman–Crippen LogP) is -0.492. The lowest BCUT2D eigenvalue weighted by atomic mass is 9.93. The van der Waals surface area contributed by atoms with Gasteiger partial charge in [-0.25, -0.2) is 0 Å².